The molecule has 0 radical (unpaired) electrons. The lowest BCUT2D eigenvalue weighted by Gasteiger charge is -2.36. The third kappa shape index (κ3) is 3.69. The molecular weight excluding hydrogens is 418 g/mol. The fourth-order valence-electron chi connectivity index (χ4n) is 4.07. The van der Waals surface area contributed by atoms with Crippen LogP contribution in [0.1, 0.15) is 12.8 Å². The Kier molecular flexibility index (Phi) is 5.31. The summed E-state index contributed by atoms with van der Waals surface area (Å²) in [6.07, 6.45) is -2.20. The Bertz CT molecular complexity index is 1070. The number of amides is 1. The molecule has 2 heterocycles. The molecule has 0 aromatic heterocycles. The Balaban J connectivity index is 1.61. The molecule has 30 heavy (non-hydrogen) atoms. The number of rotatable bonds is 5. The maximum Gasteiger partial charge on any atom is 0.410 e. The largest absolute Gasteiger partial charge is 0.487 e. The van der Waals surface area contributed by atoms with E-state index in [-0.39, 0.29) is 23.7 Å². The Morgan fingerprint density at radius 2 is 1.80 bits per heavy atom. The van der Waals surface area contributed by atoms with Gasteiger partial charge in [-0.25, -0.2) is 22.0 Å². The van der Waals surface area contributed by atoms with E-state index in [2.05, 4.69) is 0 Å². The molecule has 2 aliphatic heterocycles. The first-order chi connectivity index (χ1) is 14.2. The molecule has 1 spiro atoms. The lowest BCUT2D eigenvalue weighted by molar-refractivity contribution is 0.0172. The molecule has 2 aromatic carbocycles. The van der Waals surface area contributed by atoms with Crippen molar-refractivity contribution >= 4 is 26.9 Å². The predicted octanol–water partition coefficient (Wildman–Crippen LogP) is 3.09. The lowest BCUT2D eigenvalue weighted by Crippen LogP contribution is -2.48. The summed E-state index contributed by atoms with van der Waals surface area (Å²) in [7, 11) is -2.18. The number of carbonyl (C=O) groups is 1. The van der Waals surface area contributed by atoms with Gasteiger partial charge in [-0.1, -0.05) is 24.3 Å². The van der Waals surface area contributed by atoms with Crippen molar-refractivity contribution in [2.24, 2.45) is 0 Å². The van der Waals surface area contributed by atoms with Crippen molar-refractivity contribution in [3.8, 4) is 5.75 Å². The first kappa shape index (κ1) is 20.8. The van der Waals surface area contributed by atoms with Gasteiger partial charge in [0.15, 0.2) is 0 Å². The molecule has 0 saturated carbocycles. The fraction of sp³-hybridized carbons (Fsp3) is 0.450. The molecule has 0 aliphatic carbocycles. The van der Waals surface area contributed by atoms with Crippen LogP contribution in [0.3, 0.4) is 0 Å². The summed E-state index contributed by atoms with van der Waals surface area (Å²) < 4.78 is 63.8. The van der Waals surface area contributed by atoms with Gasteiger partial charge < -0.3 is 14.4 Å². The summed E-state index contributed by atoms with van der Waals surface area (Å²) in [5, 5.41) is 0.871. The highest BCUT2D eigenvalue weighted by Crippen LogP contribution is 2.37. The average Bonchev–Trinajstić information content (AvgIpc) is 2.99. The van der Waals surface area contributed by atoms with Crippen molar-refractivity contribution in [1.82, 2.24) is 9.21 Å². The Labute approximate surface area is 173 Å². The van der Waals surface area contributed by atoms with Crippen LogP contribution in [-0.4, -0.2) is 69.0 Å². The topological polar surface area (TPSA) is 76.2 Å². The zero-order chi connectivity index (χ0) is 21.5. The highest BCUT2D eigenvalue weighted by molar-refractivity contribution is 7.89. The number of hydrogen-bond acceptors (Lipinski definition) is 5. The number of likely N-dealkylation sites (N-methyl/N-ethyl adjacent to an activating group) is 1. The average molecular weight is 440 g/mol. The normalized spacial score (nSPS) is 19.6. The lowest BCUT2D eigenvalue weighted by atomic mass is 9.92. The van der Waals surface area contributed by atoms with Crippen LogP contribution >= 0.6 is 0 Å². The van der Waals surface area contributed by atoms with E-state index in [1.807, 2.05) is 0 Å². The van der Waals surface area contributed by atoms with E-state index in [4.69, 9.17) is 9.47 Å². The second-order valence-electron chi connectivity index (χ2n) is 7.62. The number of nitrogens with zero attached hydrogens (tertiary/aromatic N) is 2. The van der Waals surface area contributed by atoms with E-state index in [1.165, 1.54) is 21.3 Å². The van der Waals surface area contributed by atoms with Crippen molar-refractivity contribution in [2.45, 2.75) is 29.8 Å². The van der Waals surface area contributed by atoms with Crippen LogP contribution in [0.15, 0.2) is 41.3 Å². The molecule has 0 N–H and O–H groups in total. The zero-order valence-electron chi connectivity index (χ0n) is 16.4. The standard InChI is InChI=1S/C20H22F2N2O5S/c1-23-13-20(29-19(23)25)8-10-24(11-9-20)30(26,27)17-7-6-16(28-12-18(21)22)14-4-2-3-5-15(14)17/h2-7,18H,8-13H2,1H3. The first-order valence-corrected chi connectivity index (χ1v) is 11.0. The van der Waals surface area contributed by atoms with Gasteiger partial charge in [0.25, 0.3) is 6.43 Å². The molecule has 162 valence electrons. The van der Waals surface area contributed by atoms with E-state index in [0.717, 1.165) is 0 Å². The second-order valence-corrected chi connectivity index (χ2v) is 9.53. The minimum atomic E-state index is -3.83. The first-order valence-electron chi connectivity index (χ1n) is 9.59. The SMILES string of the molecule is CN1CC2(CCN(S(=O)(=O)c3ccc(OCC(F)F)c4ccccc34)CC2)OC1=O. The smallest absolute Gasteiger partial charge is 0.410 e. The number of carbonyl (C=O) groups excluding carboxylic acids is 1. The van der Waals surface area contributed by atoms with Crippen LogP contribution in [-0.2, 0) is 14.8 Å². The van der Waals surface area contributed by atoms with Crippen molar-refractivity contribution < 1.29 is 31.5 Å². The number of piperidine rings is 1. The van der Waals surface area contributed by atoms with Gasteiger partial charge in [-0.2, -0.15) is 4.31 Å². The molecular formula is C20H22F2N2O5S. The number of hydrogen-bond donors (Lipinski definition) is 0. The molecule has 2 fully saturated rings. The summed E-state index contributed by atoms with van der Waals surface area (Å²) >= 11 is 0. The van der Waals surface area contributed by atoms with Crippen LogP contribution in [0, 0.1) is 0 Å². The molecule has 2 aromatic rings. The van der Waals surface area contributed by atoms with Crippen molar-refractivity contribution in [3.63, 3.8) is 0 Å². The van der Waals surface area contributed by atoms with Gasteiger partial charge in [0.1, 0.15) is 18.0 Å². The highest BCUT2D eigenvalue weighted by Gasteiger charge is 2.47. The number of ether oxygens (including phenoxy) is 2. The van der Waals surface area contributed by atoms with Gasteiger partial charge in [-0.15, -0.1) is 0 Å². The number of benzene rings is 2. The zero-order valence-corrected chi connectivity index (χ0v) is 17.2. The van der Waals surface area contributed by atoms with Crippen LogP contribution in [0.4, 0.5) is 13.6 Å². The molecule has 0 unspecified atom stereocenters. The van der Waals surface area contributed by atoms with Gasteiger partial charge >= 0.3 is 6.09 Å². The highest BCUT2D eigenvalue weighted by atomic mass is 32.2. The third-order valence-corrected chi connectivity index (χ3v) is 7.56. The molecule has 10 heteroatoms. The molecule has 2 saturated heterocycles. The maximum absolute atomic E-state index is 13.4. The minimum Gasteiger partial charge on any atom is -0.487 e. The Morgan fingerprint density at radius 3 is 2.40 bits per heavy atom. The quantitative estimate of drug-likeness (QED) is 0.714. The van der Waals surface area contributed by atoms with Gasteiger partial charge in [-0.05, 0) is 12.1 Å². The Hall–Kier alpha value is -2.46. The van der Waals surface area contributed by atoms with E-state index in [9.17, 15) is 22.0 Å². The monoisotopic (exact) mass is 440 g/mol. The molecule has 0 bridgehead atoms. The van der Waals surface area contributed by atoms with Gasteiger partial charge in [0.2, 0.25) is 10.0 Å². The fourth-order valence-corrected chi connectivity index (χ4v) is 5.71. The molecule has 7 nitrogen and oxygen atoms in total. The van der Waals surface area contributed by atoms with Gasteiger partial charge in [-0.3, -0.25) is 0 Å². The van der Waals surface area contributed by atoms with Crippen LogP contribution in [0.2, 0.25) is 0 Å². The number of fused-ring (bicyclic) bond motifs is 1. The van der Waals surface area contributed by atoms with Crippen LogP contribution in [0.5, 0.6) is 5.75 Å². The Morgan fingerprint density at radius 1 is 1.13 bits per heavy atom. The molecule has 0 atom stereocenters. The van der Waals surface area contributed by atoms with Gasteiger partial charge in [0.05, 0.1) is 11.4 Å². The van der Waals surface area contributed by atoms with Crippen LogP contribution < -0.4 is 4.74 Å². The van der Waals surface area contributed by atoms with Crippen molar-refractivity contribution in [1.29, 1.82) is 0 Å². The predicted molar refractivity (Wildman–Crippen MR) is 105 cm³/mol. The van der Waals surface area contributed by atoms with E-state index >= 15 is 0 Å². The van der Waals surface area contributed by atoms with Crippen molar-refractivity contribution in [3.05, 3.63) is 36.4 Å². The maximum atomic E-state index is 13.4. The van der Waals surface area contributed by atoms with Crippen LogP contribution in [0.25, 0.3) is 10.8 Å². The summed E-state index contributed by atoms with van der Waals surface area (Å²) in [4.78, 5) is 13.3. The summed E-state index contributed by atoms with van der Waals surface area (Å²) in [5.74, 6) is 0.211. The molecule has 1 amide bonds. The number of sulfonamides is 1. The third-order valence-electron chi connectivity index (χ3n) is 5.60. The number of alkyl halides is 2. The summed E-state index contributed by atoms with van der Waals surface area (Å²) in [6.45, 7) is 0.124. The summed E-state index contributed by atoms with van der Waals surface area (Å²) in [6, 6.07) is 9.48. The summed E-state index contributed by atoms with van der Waals surface area (Å²) in [5.41, 5.74) is -0.646. The van der Waals surface area contributed by atoms with Crippen molar-refractivity contribution in [2.75, 3.05) is 33.3 Å². The van der Waals surface area contributed by atoms with E-state index in [1.54, 1.807) is 31.3 Å². The second kappa shape index (κ2) is 7.66. The molecule has 2 aliphatic rings. The van der Waals surface area contributed by atoms with Gasteiger partial charge in [0, 0.05) is 43.8 Å². The van der Waals surface area contributed by atoms with E-state index < -0.39 is 34.7 Å². The van der Waals surface area contributed by atoms with E-state index in [0.29, 0.717) is 30.2 Å². The minimum absolute atomic E-state index is 0.0963. The molecule has 4 rings (SSSR count). The number of halogens is 2.